The number of amides is 2. The van der Waals surface area contributed by atoms with Crippen LogP contribution in [-0.4, -0.2) is 41.1 Å². The Morgan fingerprint density at radius 3 is 2.71 bits per heavy atom. The number of hydrogen-bond acceptors (Lipinski definition) is 7. The number of aromatic nitrogens is 1. The van der Waals surface area contributed by atoms with Crippen LogP contribution in [0.5, 0.6) is 5.88 Å². The number of fused-ring (bicyclic) bond motifs is 1. The first-order valence-electron chi connectivity index (χ1n) is 8.14. The zero-order valence-corrected chi connectivity index (χ0v) is 14.8. The van der Waals surface area contributed by atoms with Crippen LogP contribution in [0.1, 0.15) is 10.6 Å². The summed E-state index contributed by atoms with van der Waals surface area (Å²) < 4.78 is 10.8. The van der Waals surface area contributed by atoms with E-state index in [0.29, 0.717) is 10.9 Å². The van der Waals surface area contributed by atoms with Crippen LogP contribution < -0.4 is 5.32 Å². The van der Waals surface area contributed by atoms with Gasteiger partial charge < -0.3 is 19.6 Å². The Morgan fingerprint density at radius 2 is 2.00 bits per heavy atom. The van der Waals surface area contributed by atoms with Crippen molar-refractivity contribution < 1.29 is 28.6 Å². The van der Waals surface area contributed by atoms with E-state index in [4.69, 9.17) is 4.42 Å². The van der Waals surface area contributed by atoms with Crippen LogP contribution in [0.3, 0.4) is 0 Å². The number of rotatable bonds is 6. The summed E-state index contributed by atoms with van der Waals surface area (Å²) in [6.45, 7) is -0.629. The summed E-state index contributed by atoms with van der Waals surface area (Å²) >= 11 is 0. The molecule has 2 N–H and O–H groups in total. The van der Waals surface area contributed by atoms with E-state index in [1.807, 2.05) is 0 Å². The van der Waals surface area contributed by atoms with Crippen molar-refractivity contribution in [2.24, 2.45) is 10.2 Å². The van der Waals surface area contributed by atoms with Gasteiger partial charge in [0.15, 0.2) is 11.4 Å². The molecule has 0 aliphatic carbocycles. The molecule has 0 fully saturated rings. The molecule has 28 heavy (non-hydrogen) atoms. The molecular weight excluding hydrogens is 368 g/mol. The number of carbonyl (C=O) groups is 3. The molecule has 0 bridgehead atoms. The molecule has 3 aromatic rings. The third-order valence-electron chi connectivity index (χ3n) is 3.84. The van der Waals surface area contributed by atoms with Crippen molar-refractivity contribution in [1.29, 1.82) is 0 Å². The first-order chi connectivity index (χ1) is 13.5. The van der Waals surface area contributed by atoms with E-state index in [2.05, 4.69) is 20.3 Å². The van der Waals surface area contributed by atoms with Crippen molar-refractivity contribution in [2.75, 3.05) is 13.7 Å². The van der Waals surface area contributed by atoms with E-state index in [1.165, 1.54) is 24.0 Å². The van der Waals surface area contributed by atoms with Gasteiger partial charge in [0.2, 0.25) is 5.88 Å². The number of para-hydroxylation sites is 1. The lowest BCUT2D eigenvalue weighted by Gasteiger charge is -2.04. The highest BCUT2D eigenvalue weighted by Gasteiger charge is 2.19. The van der Waals surface area contributed by atoms with Crippen LogP contribution in [0.25, 0.3) is 10.9 Å². The maximum absolute atomic E-state index is 11.9. The first-order valence-corrected chi connectivity index (χ1v) is 8.14. The number of benzene rings is 1. The lowest BCUT2D eigenvalue weighted by molar-refractivity contribution is -0.141. The lowest BCUT2D eigenvalue weighted by Crippen LogP contribution is -2.28. The molecule has 2 heterocycles. The van der Waals surface area contributed by atoms with Crippen LogP contribution >= 0.6 is 0 Å². The number of ether oxygens (including phenoxy) is 1. The Hall–Kier alpha value is -3.95. The smallest absolute Gasteiger partial charge is 0.325 e. The van der Waals surface area contributed by atoms with Gasteiger partial charge in [-0.2, -0.15) is 0 Å². The number of esters is 1. The molecule has 0 unspecified atom stereocenters. The van der Waals surface area contributed by atoms with E-state index in [-0.39, 0.29) is 23.9 Å². The lowest BCUT2D eigenvalue weighted by atomic mass is 10.2. The highest BCUT2D eigenvalue weighted by molar-refractivity contribution is 5.96. The van der Waals surface area contributed by atoms with Gasteiger partial charge >= 0.3 is 5.97 Å². The summed E-state index contributed by atoms with van der Waals surface area (Å²) in [4.78, 5) is 35.2. The maximum atomic E-state index is 11.9. The van der Waals surface area contributed by atoms with Crippen molar-refractivity contribution in [2.45, 2.75) is 6.54 Å². The molecule has 144 valence electrons. The molecule has 0 saturated carbocycles. The second-order valence-electron chi connectivity index (χ2n) is 5.61. The molecule has 0 aliphatic rings. The Labute approximate surface area is 158 Å². The van der Waals surface area contributed by atoms with E-state index in [1.54, 1.807) is 30.3 Å². The molecule has 10 nitrogen and oxygen atoms in total. The predicted octanol–water partition coefficient (Wildman–Crippen LogP) is 2.15. The molecule has 10 heteroatoms. The molecule has 0 spiro atoms. The number of hydrogen-bond donors (Lipinski definition) is 2. The van der Waals surface area contributed by atoms with Crippen LogP contribution in [0.4, 0.5) is 5.69 Å². The Morgan fingerprint density at radius 1 is 1.21 bits per heavy atom. The van der Waals surface area contributed by atoms with Crippen LogP contribution in [-0.2, 0) is 20.9 Å². The maximum Gasteiger partial charge on any atom is 0.325 e. The number of furan rings is 1. The fourth-order valence-electron chi connectivity index (χ4n) is 2.52. The fourth-order valence-corrected chi connectivity index (χ4v) is 2.52. The SMILES string of the molecule is COC(=O)Cn1c(O)c(N=NC(=O)CNC(=O)c2ccco2)c2ccccc21. The van der Waals surface area contributed by atoms with Crippen molar-refractivity contribution in [3.05, 3.63) is 48.4 Å². The average molecular weight is 384 g/mol. The summed E-state index contributed by atoms with van der Waals surface area (Å²) in [6.07, 6.45) is 1.34. The molecule has 0 radical (unpaired) electrons. The van der Waals surface area contributed by atoms with Crippen LogP contribution in [0.15, 0.2) is 57.3 Å². The van der Waals surface area contributed by atoms with Crippen molar-refractivity contribution in [1.82, 2.24) is 9.88 Å². The Balaban J connectivity index is 1.77. The molecule has 2 aromatic heterocycles. The molecule has 2 amide bonds. The van der Waals surface area contributed by atoms with Gasteiger partial charge in [-0.1, -0.05) is 18.2 Å². The van der Waals surface area contributed by atoms with Gasteiger partial charge in [0.1, 0.15) is 13.1 Å². The monoisotopic (exact) mass is 384 g/mol. The minimum Gasteiger partial charge on any atom is -0.493 e. The topological polar surface area (TPSA) is 135 Å². The summed E-state index contributed by atoms with van der Waals surface area (Å²) in [5, 5.41) is 20.6. The first kappa shape index (κ1) is 18.8. The highest BCUT2D eigenvalue weighted by atomic mass is 16.5. The standard InChI is InChI=1S/C18H16N4O6/c1-27-15(24)10-22-12-6-3-2-5-11(12)16(18(22)26)21-20-14(23)9-19-17(25)13-7-4-8-28-13/h2-8,26H,9-10H2,1H3,(H,19,25). The largest absolute Gasteiger partial charge is 0.493 e. The van der Waals surface area contributed by atoms with Crippen molar-refractivity contribution in [3.63, 3.8) is 0 Å². The number of nitrogens with zero attached hydrogens (tertiary/aromatic N) is 3. The molecule has 3 rings (SSSR count). The summed E-state index contributed by atoms with van der Waals surface area (Å²) in [7, 11) is 1.24. The number of azo groups is 1. The average Bonchev–Trinajstić information content (AvgIpc) is 3.33. The third-order valence-corrected chi connectivity index (χ3v) is 3.84. The highest BCUT2D eigenvalue weighted by Crippen LogP contribution is 2.38. The van der Waals surface area contributed by atoms with Crippen LogP contribution in [0, 0.1) is 0 Å². The Bertz CT molecular complexity index is 1050. The fraction of sp³-hybridized carbons (Fsp3) is 0.167. The second kappa shape index (κ2) is 8.16. The predicted molar refractivity (Wildman–Crippen MR) is 96.2 cm³/mol. The minimum absolute atomic E-state index is 0.0326. The molecular formula is C18H16N4O6. The number of methoxy groups -OCH3 is 1. The zero-order valence-electron chi connectivity index (χ0n) is 14.8. The zero-order chi connectivity index (χ0) is 20.1. The van der Waals surface area contributed by atoms with Gasteiger partial charge in [-0.05, 0) is 18.2 Å². The summed E-state index contributed by atoms with van der Waals surface area (Å²) in [5.74, 6) is -2.12. The van der Waals surface area contributed by atoms with Gasteiger partial charge in [0.25, 0.3) is 11.8 Å². The molecule has 0 atom stereocenters. The summed E-state index contributed by atoms with van der Waals surface area (Å²) in [5.41, 5.74) is 0.558. The third kappa shape index (κ3) is 3.90. The Kier molecular flexibility index (Phi) is 5.49. The van der Waals surface area contributed by atoms with Gasteiger partial charge in [-0.3, -0.25) is 19.0 Å². The summed E-state index contributed by atoms with van der Waals surface area (Å²) in [6, 6.07) is 9.79. The molecule has 0 aliphatic heterocycles. The van der Waals surface area contributed by atoms with E-state index >= 15 is 0 Å². The quantitative estimate of drug-likeness (QED) is 0.494. The van der Waals surface area contributed by atoms with E-state index in [9.17, 15) is 19.5 Å². The van der Waals surface area contributed by atoms with Gasteiger partial charge in [-0.15, -0.1) is 10.2 Å². The van der Waals surface area contributed by atoms with E-state index in [0.717, 1.165) is 0 Å². The second-order valence-corrected chi connectivity index (χ2v) is 5.61. The minimum atomic E-state index is -0.732. The van der Waals surface area contributed by atoms with Crippen LogP contribution in [0.2, 0.25) is 0 Å². The number of aromatic hydroxyl groups is 1. The molecule has 1 aromatic carbocycles. The van der Waals surface area contributed by atoms with Gasteiger partial charge in [0, 0.05) is 5.39 Å². The number of nitrogens with one attached hydrogen (secondary N) is 1. The normalized spacial score (nSPS) is 11.0. The van der Waals surface area contributed by atoms with Crippen molar-refractivity contribution >= 4 is 34.4 Å². The van der Waals surface area contributed by atoms with E-state index < -0.39 is 24.3 Å². The molecule has 0 saturated heterocycles. The van der Waals surface area contributed by atoms with Crippen molar-refractivity contribution in [3.8, 4) is 5.88 Å². The van der Waals surface area contributed by atoms with Gasteiger partial charge in [0.05, 0.1) is 18.9 Å². The van der Waals surface area contributed by atoms with Gasteiger partial charge in [-0.25, -0.2) is 0 Å². The number of carbonyl (C=O) groups excluding carboxylic acids is 3.